The Bertz CT molecular complexity index is 649. The van der Waals surface area contributed by atoms with Crippen molar-refractivity contribution in [3.8, 4) is 6.07 Å². The average Bonchev–Trinajstić information content (AvgIpc) is 2.46. The number of hydrogen-bond donors (Lipinski definition) is 1. The zero-order chi connectivity index (χ0) is 13.7. The molecule has 0 aliphatic rings. The first kappa shape index (κ1) is 12.7. The van der Waals surface area contributed by atoms with E-state index in [1.165, 1.54) is 24.5 Å². The average molecular weight is 255 g/mol. The van der Waals surface area contributed by atoms with E-state index in [-0.39, 0.29) is 17.9 Å². The summed E-state index contributed by atoms with van der Waals surface area (Å²) < 4.78 is 13.4. The number of carbonyl (C=O) groups is 1. The van der Waals surface area contributed by atoms with Crippen LogP contribution < -0.4 is 5.32 Å². The molecule has 0 radical (unpaired) electrons. The van der Waals surface area contributed by atoms with Crippen LogP contribution in [0.4, 0.5) is 4.39 Å². The Morgan fingerprint density at radius 2 is 2.16 bits per heavy atom. The van der Waals surface area contributed by atoms with E-state index in [0.717, 1.165) is 0 Å². The minimum atomic E-state index is -0.396. The van der Waals surface area contributed by atoms with Crippen molar-refractivity contribution in [2.45, 2.75) is 6.54 Å². The molecule has 1 N–H and O–H groups in total. The first-order valence-corrected chi connectivity index (χ1v) is 5.57. The van der Waals surface area contributed by atoms with Crippen LogP contribution in [0.2, 0.25) is 0 Å². The maximum atomic E-state index is 13.4. The fourth-order valence-electron chi connectivity index (χ4n) is 1.54. The normalized spacial score (nSPS) is 9.68. The molecule has 4 nitrogen and oxygen atoms in total. The number of benzene rings is 1. The summed E-state index contributed by atoms with van der Waals surface area (Å²) in [4.78, 5) is 15.6. The Kier molecular flexibility index (Phi) is 3.84. The number of carbonyl (C=O) groups excluding carboxylic acids is 1. The predicted octanol–water partition coefficient (Wildman–Crippen LogP) is 2.02. The van der Waals surface area contributed by atoms with Crippen LogP contribution in [0.15, 0.2) is 42.7 Å². The summed E-state index contributed by atoms with van der Waals surface area (Å²) >= 11 is 0. The third-order valence-corrected chi connectivity index (χ3v) is 2.53. The molecule has 0 unspecified atom stereocenters. The molecule has 0 aliphatic carbocycles. The van der Waals surface area contributed by atoms with Gasteiger partial charge in [0.25, 0.3) is 5.91 Å². The SMILES string of the molecule is N#Cc1cncc(C(=O)NCc2ccccc2F)c1. The number of nitrogens with zero attached hydrogens (tertiary/aromatic N) is 2. The second kappa shape index (κ2) is 5.74. The van der Waals surface area contributed by atoms with Crippen molar-refractivity contribution in [3.05, 3.63) is 65.2 Å². The molecule has 0 bridgehead atoms. The van der Waals surface area contributed by atoms with Crippen LogP contribution in [-0.2, 0) is 6.54 Å². The molecule has 0 fully saturated rings. The molecule has 0 atom stereocenters. The number of hydrogen-bond acceptors (Lipinski definition) is 3. The summed E-state index contributed by atoms with van der Waals surface area (Å²) in [5, 5.41) is 11.3. The number of nitriles is 1. The third-order valence-electron chi connectivity index (χ3n) is 2.53. The molecule has 0 saturated heterocycles. The molecule has 2 aromatic rings. The summed E-state index contributed by atoms with van der Waals surface area (Å²) in [6.07, 6.45) is 2.73. The zero-order valence-electron chi connectivity index (χ0n) is 9.93. The van der Waals surface area contributed by atoms with Crippen LogP contribution in [-0.4, -0.2) is 10.9 Å². The summed E-state index contributed by atoms with van der Waals surface area (Å²) in [6, 6.07) is 9.55. The van der Waals surface area contributed by atoms with Crippen molar-refractivity contribution in [3.63, 3.8) is 0 Å². The Morgan fingerprint density at radius 1 is 1.37 bits per heavy atom. The number of halogens is 1. The Balaban J connectivity index is 2.06. The van der Waals surface area contributed by atoms with Crippen molar-refractivity contribution in [2.24, 2.45) is 0 Å². The van der Waals surface area contributed by atoms with Crippen LogP contribution in [0.5, 0.6) is 0 Å². The molecule has 19 heavy (non-hydrogen) atoms. The van der Waals surface area contributed by atoms with Crippen molar-refractivity contribution in [1.82, 2.24) is 10.3 Å². The summed E-state index contributed by atoms with van der Waals surface area (Å²) in [7, 11) is 0. The van der Waals surface area contributed by atoms with Gasteiger partial charge in [-0.3, -0.25) is 9.78 Å². The molecular formula is C14H10FN3O. The molecule has 94 valence electrons. The lowest BCUT2D eigenvalue weighted by Gasteiger charge is -2.06. The van der Waals surface area contributed by atoms with Crippen molar-refractivity contribution >= 4 is 5.91 Å². The molecule has 1 amide bonds. The van der Waals surface area contributed by atoms with Crippen LogP contribution in [0, 0.1) is 17.1 Å². The lowest BCUT2D eigenvalue weighted by Crippen LogP contribution is -2.23. The van der Waals surface area contributed by atoms with E-state index in [0.29, 0.717) is 11.1 Å². The van der Waals surface area contributed by atoms with Gasteiger partial charge >= 0.3 is 0 Å². The lowest BCUT2D eigenvalue weighted by atomic mass is 10.2. The van der Waals surface area contributed by atoms with Gasteiger partial charge in [-0.15, -0.1) is 0 Å². The third kappa shape index (κ3) is 3.13. The Morgan fingerprint density at radius 3 is 2.89 bits per heavy atom. The minimum absolute atomic E-state index is 0.0856. The van der Waals surface area contributed by atoms with Crippen LogP contribution in [0.3, 0.4) is 0 Å². The van der Waals surface area contributed by atoms with E-state index >= 15 is 0 Å². The minimum Gasteiger partial charge on any atom is -0.348 e. The van der Waals surface area contributed by atoms with Gasteiger partial charge in [-0.05, 0) is 12.1 Å². The van der Waals surface area contributed by atoms with Gasteiger partial charge in [0.1, 0.15) is 11.9 Å². The standard InChI is InChI=1S/C14H10FN3O/c15-13-4-2-1-3-11(13)9-18-14(19)12-5-10(6-16)7-17-8-12/h1-5,7-8H,9H2,(H,18,19). The first-order valence-electron chi connectivity index (χ1n) is 5.57. The van der Waals surface area contributed by atoms with E-state index in [4.69, 9.17) is 5.26 Å². The van der Waals surface area contributed by atoms with Crippen LogP contribution in [0.1, 0.15) is 21.5 Å². The molecule has 1 aromatic carbocycles. The van der Waals surface area contributed by atoms with Crippen LogP contribution in [0.25, 0.3) is 0 Å². The van der Waals surface area contributed by atoms with E-state index in [2.05, 4.69) is 10.3 Å². The number of aromatic nitrogens is 1. The highest BCUT2D eigenvalue weighted by Crippen LogP contribution is 2.07. The lowest BCUT2D eigenvalue weighted by molar-refractivity contribution is 0.0950. The summed E-state index contributed by atoms with van der Waals surface area (Å²) in [5.41, 5.74) is 0.981. The van der Waals surface area contributed by atoms with Gasteiger partial charge in [0.05, 0.1) is 11.1 Å². The highest BCUT2D eigenvalue weighted by atomic mass is 19.1. The first-order chi connectivity index (χ1) is 9.20. The Hall–Kier alpha value is -2.74. The number of rotatable bonds is 3. The highest BCUT2D eigenvalue weighted by Gasteiger charge is 2.08. The van der Waals surface area contributed by atoms with E-state index in [1.807, 2.05) is 6.07 Å². The van der Waals surface area contributed by atoms with Gasteiger partial charge in [0, 0.05) is 24.5 Å². The maximum Gasteiger partial charge on any atom is 0.253 e. The van der Waals surface area contributed by atoms with Gasteiger partial charge < -0.3 is 5.32 Å². The Labute approximate surface area is 109 Å². The molecule has 0 saturated carbocycles. The van der Waals surface area contributed by atoms with Crippen molar-refractivity contribution in [2.75, 3.05) is 0 Å². The molecule has 0 spiro atoms. The van der Waals surface area contributed by atoms with E-state index < -0.39 is 5.91 Å². The predicted molar refractivity (Wildman–Crippen MR) is 66.5 cm³/mol. The van der Waals surface area contributed by atoms with Crippen molar-refractivity contribution < 1.29 is 9.18 Å². The smallest absolute Gasteiger partial charge is 0.253 e. The second-order valence-electron chi connectivity index (χ2n) is 3.85. The molecule has 5 heteroatoms. The maximum absolute atomic E-state index is 13.4. The molecule has 0 aliphatic heterocycles. The van der Waals surface area contributed by atoms with Gasteiger partial charge in [0.2, 0.25) is 0 Å². The van der Waals surface area contributed by atoms with Crippen LogP contribution >= 0.6 is 0 Å². The van der Waals surface area contributed by atoms with Gasteiger partial charge in [-0.25, -0.2) is 4.39 Å². The zero-order valence-corrected chi connectivity index (χ0v) is 9.93. The fourth-order valence-corrected chi connectivity index (χ4v) is 1.54. The molecule has 2 rings (SSSR count). The fraction of sp³-hybridized carbons (Fsp3) is 0.0714. The second-order valence-corrected chi connectivity index (χ2v) is 3.85. The van der Waals surface area contributed by atoms with E-state index in [1.54, 1.807) is 18.2 Å². The topological polar surface area (TPSA) is 65.8 Å². The summed E-state index contributed by atoms with van der Waals surface area (Å²) in [6.45, 7) is 0.0856. The highest BCUT2D eigenvalue weighted by molar-refractivity contribution is 5.94. The number of amides is 1. The van der Waals surface area contributed by atoms with Gasteiger partial charge in [-0.2, -0.15) is 5.26 Å². The van der Waals surface area contributed by atoms with Crippen molar-refractivity contribution in [1.29, 1.82) is 5.26 Å². The van der Waals surface area contributed by atoms with E-state index in [9.17, 15) is 9.18 Å². The molecule has 1 aromatic heterocycles. The quantitative estimate of drug-likeness (QED) is 0.912. The number of pyridine rings is 1. The largest absolute Gasteiger partial charge is 0.348 e. The summed E-state index contributed by atoms with van der Waals surface area (Å²) in [5.74, 6) is -0.764. The van der Waals surface area contributed by atoms with Gasteiger partial charge in [0.15, 0.2) is 0 Å². The molecular weight excluding hydrogens is 245 g/mol. The van der Waals surface area contributed by atoms with Gasteiger partial charge in [-0.1, -0.05) is 18.2 Å². The number of nitrogens with one attached hydrogen (secondary N) is 1. The molecule has 1 heterocycles. The monoisotopic (exact) mass is 255 g/mol.